The van der Waals surface area contributed by atoms with Crippen LogP contribution < -0.4 is 19.7 Å². The van der Waals surface area contributed by atoms with Crippen LogP contribution >= 0.6 is 0 Å². The molecule has 1 amide bonds. The second-order valence-electron chi connectivity index (χ2n) is 5.62. The first-order valence-electron chi connectivity index (χ1n) is 7.57. The van der Waals surface area contributed by atoms with Gasteiger partial charge >= 0.3 is 0 Å². The third-order valence-electron chi connectivity index (χ3n) is 3.67. The van der Waals surface area contributed by atoms with Crippen LogP contribution in [0.1, 0.15) is 10.4 Å². The summed E-state index contributed by atoms with van der Waals surface area (Å²) in [6.45, 7) is 0. The van der Waals surface area contributed by atoms with Crippen LogP contribution in [0.5, 0.6) is 11.5 Å². The van der Waals surface area contributed by atoms with E-state index in [1.54, 1.807) is 0 Å². The van der Waals surface area contributed by atoms with Crippen LogP contribution in [0.15, 0.2) is 24.3 Å². The van der Waals surface area contributed by atoms with E-state index in [-0.39, 0.29) is 28.4 Å². The molecular weight excluding hydrogens is 364 g/mol. The number of methoxy groups -OCH3 is 2. The fourth-order valence-corrected chi connectivity index (χ4v) is 2.46. The first-order valence-corrected chi connectivity index (χ1v) is 7.57. The maximum absolute atomic E-state index is 14.1. The highest BCUT2D eigenvalue weighted by atomic mass is 19.1. The van der Waals surface area contributed by atoms with Crippen LogP contribution in [-0.4, -0.2) is 39.1 Å². The first-order chi connectivity index (χ1) is 12.7. The molecule has 2 aromatic carbocycles. The lowest BCUT2D eigenvalue weighted by Gasteiger charge is -2.16. The van der Waals surface area contributed by atoms with E-state index in [2.05, 4.69) is 5.32 Å². The monoisotopic (exact) mass is 381 g/mol. The molecule has 8 nitrogen and oxygen atoms in total. The van der Waals surface area contributed by atoms with Crippen LogP contribution in [-0.2, 0) is 0 Å². The van der Waals surface area contributed by atoms with Gasteiger partial charge in [-0.3, -0.25) is 14.9 Å². The van der Waals surface area contributed by atoms with Crippen molar-refractivity contribution in [2.45, 2.75) is 0 Å². The summed E-state index contributed by atoms with van der Waals surface area (Å²) in [6, 6.07) is 3.99. The number of hydrogen-bond donors (Lipinski definition) is 1. The van der Waals surface area contributed by atoms with Crippen LogP contribution in [0.3, 0.4) is 0 Å². The van der Waals surface area contributed by atoms with Gasteiger partial charge in [0, 0.05) is 25.8 Å². The maximum Gasteiger partial charge on any atom is 0.286 e. The SMILES string of the molecule is COc1cc(C(=O)Nc2cc(F)c(N(C)C)c(F)c2)c([N+](=O)[O-])cc1OC. The molecule has 0 radical (unpaired) electrons. The number of nitro groups is 1. The van der Waals surface area contributed by atoms with Crippen molar-refractivity contribution in [2.75, 3.05) is 38.5 Å². The van der Waals surface area contributed by atoms with E-state index in [0.717, 1.165) is 24.3 Å². The van der Waals surface area contributed by atoms with E-state index < -0.39 is 28.2 Å². The van der Waals surface area contributed by atoms with Crippen molar-refractivity contribution in [1.82, 2.24) is 0 Å². The fourth-order valence-electron chi connectivity index (χ4n) is 2.46. The quantitative estimate of drug-likeness (QED) is 0.610. The lowest BCUT2D eigenvalue weighted by Crippen LogP contribution is -2.16. The number of nitrogens with one attached hydrogen (secondary N) is 1. The average molecular weight is 381 g/mol. The first kappa shape index (κ1) is 19.9. The predicted molar refractivity (Wildman–Crippen MR) is 94.8 cm³/mol. The number of anilines is 2. The van der Waals surface area contributed by atoms with Crippen LogP contribution in [0.4, 0.5) is 25.8 Å². The number of benzene rings is 2. The Balaban J connectivity index is 2.45. The van der Waals surface area contributed by atoms with Gasteiger partial charge in [0.05, 0.1) is 25.2 Å². The number of nitrogens with zero attached hydrogens (tertiary/aromatic N) is 2. The van der Waals surface area contributed by atoms with Crippen LogP contribution in [0, 0.1) is 21.7 Å². The molecule has 0 spiro atoms. The molecule has 0 bridgehead atoms. The number of carbonyl (C=O) groups is 1. The predicted octanol–water partition coefficient (Wildman–Crippen LogP) is 3.21. The summed E-state index contributed by atoms with van der Waals surface area (Å²) in [5.41, 5.74) is -1.36. The van der Waals surface area contributed by atoms with Gasteiger partial charge in [-0.25, -0.2) is 8.78 Å². The largest absolute Gasteiger partial charge is 0.493 e. The molecule has 2 aromatic rings. The minimum absolute atomic E-state index is 0.0631. The Morgan fingerprint density at radius 3 is 2.04 bits per heavy atom. The summed E-state index contributed by atoms with van der Waals surface area (Å²) in [5, 5.41) is 13.5. The van der Waals surface area contributed by atoms with E-state index in [4.69, 9.17) is 9.47 Å². The van der Waals surface area contributed by atoms with Crippen molar-refractivity contribution in [3.05, 3.63) is 51.6 Å². The Bertz CT molecular complexity index is 879. The lowest BCUT2D eigenvalue weighted by atomic mass is 10.1. The highest BCUT2D eigenvalue weighted by Gasteiger charge is 2.25. The molecule has 0 heterocycles. The molecule has 0 aliphatic heterocycles. The molecule has 0 fully saturated rings. The van der Waals surface area contributed by atoms with Gasteiger partial charge in [-0.05, 0) is 12.1 Å². The molecule has 10 heteroatoms. The summed E-state index contributed by atoms with van der Waals surface area (Å²) in [6.07, 6.45) is 0. The third kappa shape index (κ3) is 4.05. The second-order valence-corrected chi connectivity index (χ2v) is 5.62. The summed E-state index contributed by atoms with van der Waals surface area (Å²) in [4.78, 5) is 24.2. The smallest absolute Gasteiger partial charge is 0.286 e. The Morgan fingerprint density at radius 1 is 1.07 bits per heavy atom. The van der Waals surface area contributed by atoms with E-state index in [0.29, 0.717) is 0 Å². The van der Waals surface area contributed by atoms with Gasteiger partial charge in [0.2, 0.25) is 0 Å². The van der Waals surface area contributed by atoms with Crippen LogP contribution in [0.2, 0.25) is 0 Å². The molecule has 0 saturated heterocycles. The third-order valence-corrected chi connectivity index (χ3v) is 3.67. The van der Waals surface area contributed by atoms with Crippen molar-refractivity contribution < 1.29 is 28.0 Å². The molecule has 144 valence electrons. The molecule has 0 aromatic heterocycles. The Kier molecular flexibility index (Phi) is 5.78. The van der Waals surface area contributed by atoms with Gasteiger partial charge in [0.25, 0.3) is 11.6 Å². The van der Waals surface area contributed by atoms with E-state index in [9.17, 15) is 23.7 Å². The highest BCUT2D eigenvalue weighted by Crippen LogP contribution is 2.35. The molecule has 27 heavy (non-hydrogen) atoms. The zero-order valence-electron chi connectivity index (χ0n) is 15.0. The number of amides is 1. The molecule has 0 aliphatic carbocycles. The molecular formula is C17H17F2N3O5. The average Bonchev–Trinajstić information content (AvgIpc) is 2.59. The lowest BCUT2D eigenvalue weighted by molar-refractivity contribution is -0.385. The topological polar surface area (TPSA) is 93.9 Å². The van der Waals surface area contributed by atoms with Gasteiger partial charge in [-0.1, -0.05) is 0 Å². The minimum atomic E-state index is -0.931. The number of halogens is 2. The zero-order valence-corrected chi connectivity index (χ0v) is 15.0. The molecule has 1 N–H and O–H groups in total. The van der Waals surface area contributed by atoms with Crippen molar-refractivity contribution in [1.29, 1.82) is 0 Å². The van der Waals surface area contributed by atoms with Gasteiger partial charge in [-0.15, -0.1) is 0 Å². The molecule has 0 saturated carbocycles. The molecule has 0 unspecified atom stereocenters. The van der Waals surface area contributed by atoms with Gasteiger partial charge in [0.15, 0.2) is 23.1 Å². The Hall–Kier alpha value is -3.43. The van der Waals surface area contributed by atoms with E-state index in [1.165, 1.54) is 33.2 Å². The highest BCUT2D eigenvalue weighted by molar-refractivity contribution is 6.07. The van der Waals surface area contributed by atoms with Gasteiger partial charge < -0.3 is 19.7 Å². The number of carbonyl (C=O) groups excluding carboxylic acids is 1. The standard InChI is InChI=1S/C17H17F2N3O5/c1-21(2)16-11(18)5-9(6-12(16)19)20-17(23)10-7-14(26-3)15(27-4)8-13(10)22(24)25/h5-8H,1-4H3,(H,20,23). The summed E-state index contributed by atoms with van der Waals surface area (Å²) < 4.78 is 38.1. The van der Waals surface area contributed by atoms with Gasteiger partial charge in [-0.2, -0.15) is 0 Å². The number of nitro benzene ring substituents is 1. The van der Waals surface area contributed by atoms with Gasteiger partial charge in [0.1, 0.15) is 11.3 Å². The number of hydrogen-bond acceptors (Lipinski definition) is 6. The molecule has 2 rings (SSSR count). The summed E-state index contributed by atoms with van der Waals surface area (Å²) >= 11 is 0. The van der Waals surface area contributed by atoms with Crippen molar-refractivity contribution in [3.63, 3.8) is 0 Å². The van der Waals surface area contributed by atoms with E-state index >= 15 is 0 Å². The number of rotatable bonds is 6. The Morgan fingerprint density at radius 2 is 1.59 bits per heavy atom. The molecule has 0 aliphatic rings. The van der Waals surface area contributed by atoms with Crippen molar-refractivity contribution >= 4 is 23.0 Å². The zero-order chi connectivity index (χ0) is 20.3. The summed E-state index contributed by atoms with van der Waals surface area (Å²) in [5.74, 6) is -2.56. The van der Waals surface area contributed by atoms with E-state index in [1.807, 2.05) is 0 Å². The van der Waals surface area contributed by atoms with Crippen LogP contribution in [0.25, 0.3) is 0 Å². The second kappa shape index (κ2) is 7.85. The summed E-state index contributed by atoms with van der Waals surface area (Å²) in [7, 11) is 5.52. The normalized spacial score (nSPS) is 10.3. The molecule has 0 atom stereocenters. The fraction of sp³-hybridized carbons (Fsp3) is 0.235. The number of ether oxygens (including phenoxy) is 2. The maximum atomic E-state index is 14.1. The minimum Gasteiger partial charge on any atom is -0.493 e. The van der Waals surface area contributed by atoms with Crippen molar-refractivity contribution in [2.24, 2.45) is 0 Å². The Labute approximate surface area is 153 Å². The van der Waals surface area contributed by atoms with Crippen molar-refractivity contribution in [3.8, 4) is 11.5 Å².